The molecule has 1 rings (SSSR count). The fourth-order valence-corrected chi connectivity index (χ4v) is 1.53. The fraction of sp³-hybridized carbons (Fsp3) is 0.429. The molecule has 0 bridgehead atoms. The number of nitrogens with zero attached hydrogens (tertiary/aromatic N) is 3. The highest BCUT2D eigenvalue weighted by molar-refractivity contribution is 5.66. The number of carboxylic acid groups (broad SMARTS) is 1. The molecule has 0 radical (unpaired) electrons. The maximum absolute atomic E-state index is 10.3. The van der Waals surface area contributed by atoms with Gasteiger partial charge in [0.25, 0.3) is 0 Å². The summed E-state index contributed by atoms with van der Waals surface area (Å²) in [5, 5.41) is 16.8. The van der Waals surface area contributed by atoms with Crippen molar-refractivity contribution < 1.29 is 9.90 Å². The number of unbranched alkanes of at least 4 members (excludes halogenated alkanes) is 1. The van der Waals surface area contributed by atoms with E-state index < -0.39 is 5.97 Å². The molecule has 1 atom stereocenters. The number of benzene rings is 1. The van der Waals surface area contributed by atoms with Gasteiger partial charge in [0.1, 0.15) is 0 Å². The van der Waals surface area contributed by atoms with Crippen LogP contribution < -0.4 is 0 Å². The first kappa shape index (κ1) is 14.8. The molecule has 5 nitrogen and oxygen atoms in total. The number of hydrogen-bond donors (Lipinski definition) is 1. The number of carbonyl (C=O) groups is 1. The Hall–Kier alpha value is -2.22. The lowest BCUT2D eigenvalue weighted by Gasteiger charge is -2.03. The van der Waals surface area contributed by atoms with E-state index in [1.165, 1.54) is 0 Å². The van der Waals surface area contributed by atoms with Crippen LogP contribution in [0.1, 0.15) is 32.6 Å². The molecular formula is C14H17N3O2. The van der Waals surface area contributed by atoms with Gasteiger partial charge in [-0.15, -0.1) is 0 Å². The first-order valence-corrected chi connectivity index (χ1v) is 6.22. The number of aliphatic carboxylic acids is 1. The first-order valence-electron chi connectivity index (χ1n) is 6.22. The smallest absolute Gasteiger partial charge is 0.303 e. The van der Waals surface area contributed by atoms with E-state index in [9.17, 15) is 4.79 Å². The van der Waals surface area contributed by atoms with E-state index in [2.05, 4.69) is 15.1 Å². The molecule has 0 spiro atoms. The average molecular weight is 259 g/mol. The van der Waals surface area contributed by atoms with E-state index in [0.29, 0.717) is 12.1 Å². The summed E-state index contributed by atoms with van der Waals surface area (Å²) in [6, 6.07) is 7.01. The van der Waals surface area contributed by atoms with Gasteiger partial charge in [0, 0.05) is 6.42 Å². The quantitative estimate of drug-likeness (QED) is 0.449. The number of azo groups is 1. The Labute approximate surface area is 112 Å². The third kappa shape index (κ3) is 6.32. The molecule has 0 aliphatic carbocycles. The summed E-state index contributed by atoms with van der Waals surface area (Å²) in [4.78, 5) is 13.6. The minimum Gasteiger partial charge on any atom is -0.481 e. The zero-order chi connectivity index (χ0) is 14.1. The largest absolute Gasteiger partial charge is 0.481 e. The fourth-order valence-electron chi connectivity index (χ4n) is 1.53. The molecule has 0 heterocycles. The van der Waals surface area contributed by atoms with Crippen molar-refractivity contribution in [2.75, 3.05) is 0 Å². The Balaban J connectivity index is 2.34. The van der Waals surface area contributed by atoms with Gasteiger partial charge in [-0.25, -0.2) is 4.85 Å². The Morgan fingerprint density at radius 2 is 2.05 bits per heavy atom. The standard InChI is InChI=1S/C14H17N3O2/c1-11(5-3-4-6-14(18)19)16-17-13-9-7-12(15-2)8-10-13/h7-11H,3-6H2,1H3,(H,18,19). The molecule has 19 heavy (non-hydrogen) atoms. The minimum atomic E-state index is -0.755. The van der Waals surface area contributed by atoms with E-state index in [1.54, 1.807) is 24.3 Å². The zero-order valence-electron chi connectivity index (χ0n) is 10.9. The molecule has 1 aromatic rings. The van der Waals surface area contributed by atoms with E-state index in [1.807, 2.05) is 6.92 Å². The van der Waals surface area contributed by atoms with Crippen LogP contribution in [-0.2, 0) is 4.79 Å². The minimum absolute atomic E-state index is 0.0781. The van der Waals surface area contributed by atoms with Gasteiger partial charge in [0.05, 0.1) is 18.3 Å². The van der Waals surface area contributed by atoms with Crippen LogP contribution in [0.5, 0.6) is 0 Å². The summed E-state index contributed by atoms with van der Waals surface area (Å²) in [6.07, 6.45) is 2.55. The van der Waals surface area contributed by atoms with E-state index >= 15 is 0 Å². The van der Waals surface area contributed by atoms with Gasteiger partial charge in [-0.05, 0) is 31.9 Å². The van der Waals surface area contributed by atoms with Gasteiger partial charge >= 0.3 is 5.97 Å². The first-order chi connectivity index (χ1) is 9.11. The Morgan fingerprint density at radius 3 is 2.63 bits per heavy atom. The molecule has 0 aliphatic heterocycles. The summed E-state index contributed by atoms with van der Waals surface area (Å²) in [6.45, 7) is 8.79. The summed E-state index contributed by atoms with van der Waals surface area (Å²) >= 11 is 0. The Morgan fingerprint density at radius 1 is 1.37 bits per heavy atom. The van der Waals surface area contributed by atoms with Crippen molar-refractivity contribution >= 4 is 17.3 Å². The topological polar surface area (TPSA) is 66.4 Å². The van der Waals surface area contributed by atoms with Crippen molar-refractivity contribution in [2.24, 2.45) is 10.2 Å². The lowest BCUT2D eigenvalue weighted by Crippen LogP contribution is -1.99. The van der Waals surface area contributed by atoms with Gasteiger partial charge in [-0.2, -0.15) is 10.2 Å². The van der Waals surface area contributed by atoms with Gasteiger partial charge in [-0.1, -0.05) is 18.6 Å². The van der Waals surface area contributed by atoms with Crippen molar-refractivity contribution in [3.05, 3.63) is 35.7 Å². The van der Waals surface area contributed by atoms with Crippen LogP contribution in [0.4, 0.5) is 11.4 Å². The SMILES string of the molecule is [C-]#[N+]c1ccc(N=NC(C)CCCCC(=O)O)cc1. The van der Waals surface area contributed by atoms with E-state index in [4.69, 9.17) is 11.7 Å². The van der Waals surface area contributed by atoms with Crippen molar-refractivity contribution in [3.63, 3.8) is 0 Å². The maximum Gasteiger partial charge on any atom is 0.303 e. The van der Waals surface area contributed by atoms with E-state index in [-0.39, 0.29) is 12.5 Å². The molecule has 0 amide bonds. The molecule has 0 saturated heterocycles. The predicted octanol–water partition coefficient (Wildman–Crippen LogP) is 4.35. The second kappa shape index (κ2) is 7.98. The molecule has 1 aromatic carbocycles. The molecule has 5 heteroatoms. The van der Waals surface area contributed by atoms with Crippen molar-refractivity contribution in [1.29, 1.82) is 0 Å². The van der Waals surface area contributed by atoms with Crippen LogP contribution in [0, 0.1) is 6.57 Å². The van der Waals surface area contributed by atoms with Crippen LogP contribution in [0.3, 0.4) is 0 Å². The Bertz CT molecular complexity index is 474. The van der Waals surface area contributed by atoms with Crippen LogP contribution in [0.15, 0.2) is 34.5 Å². The second-order valence-electron chi connectivity index (χ2n) is 4.33. The van der Waals surface area contributed by atoms with Crippen LogP contribution in [-0.4, -0.2) is 17.1 Å². The number of rotatable bonds is 7. The second-order valence-corrected chi connectivity index (χ2v) is 4.33. The highest BCUT2D eigenvalue weighted by Gasteiger charge is 2.01. The van der Waals surface area contributed by atoms with Crippen molar-refractivity contribution in [2.45, 2.75) is 38.6 Å². The molecule has 1 N–H and O–H groups in total. The lowest BCUT2D eigenvalue weighted by molar-refractivity contribution is -0.137. The third-order valence-corrected chi connectivity index (χ3v) is 2.61. The monoisotopic (exact) mass is 259 g/mol. The number of hydrogen-bond acceptors (Lipinski definition) is 3. The van der Waals surface area contributed by atoms with Gasteiger partial charge in [0.15, 0.2) is 5.69 Å². The van der Waals surface area contributed by atoms with E-state index in [0.717, 1.165) is 18.5 Å². The predicted molar refractivity (Wildman–Crippen MR) is 72.8 cm³/mol. The van der Waals surface area contributed by atoms with Gasteiger partial charge in [-0.3, -0.25) is 4.79 Å². The molecule has 0 fully saturated rings. The van der Waals surface area contributed by atoms with Crippen LogP contribution >= 0.6 is 0 Å². The zero-order valence-corrected chi connectivity index (χ0v) is 10.9. The maximum atomic E-state index is 10.3. The average Bonchev–Trinajstić information content (AvgIpc) is 2.41. The highest BCUT2D eigenvalue weighted by Crippen LogP contribution is 2.19. The summed E-state index contributed by atoms with van der Waals surface area (Å²) < 4.78 is 0. The molecule has 1 unspecified atom stereocenters. The molecule has 100 valence electrons. The third-order valence-electron chi connectivity index (χ3n) is 2.61. The highest BCUT2D eigenvalue weighted by atomic mass is 16.4. The lowest BCUT2D eigenvalue weighted by atomic mass is 10.1. The van der Waals surface area contributed by atoms with Gasteiger partial charge < -0.3 is 5.11 Å². The van der Waals surface area contributed by atoms with Gasteiger partial charge in [0.2, 0.25) is 0 Å². The Kier molecular flexibility index (Phi) is 6.23. The molecule has 0 saturated carbocycles. The molecule has 0 aromatic heterocycles. The van der Waals surface area contributed by atoms with Crippen molar-refractivity contribution in [3.8, 4) is 0 Å². The summed E-state index contributed by atoms with van der Waals surface area (Å²) in [5.74, 6) is -0.755. The van der Waals surface area contributed by atoms with Crippen LogP contribution in [0.2, 0.25) is 0 Å². The molecular weight excluding hydrogens is 242 g/mol. The number of carboxylic acids is 1. The molecule has 0 aliphatic rings. The van der Waals surface area contributed by atoms with Crippen LogP contribution in [0.25, 0.3) is 4.85 Å². The normalized spacial score (nSPS) is 12.2. The summed E-state index contributed by atoms with van der Waals surface area (Å²) in [7, 11) is 0. The summed E-state index contributed by atoms with van der Waals surface area (Å²) in [5.41, 5.74) is 1.31. The van der Waals surface area contributed by atoms with Crippen molar-refractivity contribution in [1.82, 2.24) is 0 Å².